The molecule has 3 nitrogen and oxygen atoms in total. The first-order valence-corrected chi connectivity index (χ1v) is 7.21. The van der Waals surface area contributed by atoms with Crippen LogP contribution in [0.1, 0.15) is 60.3 Å². The van der Waals surface area contributed by atoms with Crippen molar-refractivity contribution in [3.05, 3.63) is 20.2 Å². The molecule has 1 aliphatic carbocycles. The Kier molecular flexibility index (Phi) is 4.15. The van der Waals surface area contributed by atoms with Crippen LogP contribution in [0, 0.1) is 12.8 Å². The van der Waals surface area contributed by atoms with Crippen LogP contribution in [0.5, 0.6) is 0 Å². The van der Waals surface area contributed by atoms with Crippen molar-refractivity contribution in [1.29, 1.82) is 0 Å². The molecule has 1 aromatic heterocycles. The zero-order valence-electron chi connectivity index (χ0n) is 10.3. The number of hydrogen-bond donors (Lipinski definition) is 1. The van der Waals surface area contributed by atoms with Crippen molar-refractivity contribution in [2.45, 2.75) is 51.9 Å². The molecule has 0 aliphatic heterocycles. The lowest BCUT2D eigenvalue weighted by Gasteiger charge is -2.07. The van der Waals surface area contributed by atoms with Crippen molar-refractivity contribution in [2.75, 3.05) is 0 Å². The number of H-pyrrole nitrogens is 1. The smallest absolute Gasteiger partial charge is 0.305 e. The minimum absolute atomic E-state index is 0.123. The zero-order valence-corrected chi connectivity index (χ0v) is 11.1. The van der Waals surface area contributed by atoms with Gasteiger partial charge in [-0.3, -0.25) is 9.59 Å². The standard InChI is InChI=1S/C13H19NO2S/c1-9-12(17-13(16)14-9)11(15)8-4-7-10-5-2-3-6-10/h10H,2-8H2,1H3,(H,14,16). The van der Waals surface area contributed by atoms with Gasteiger partial charge in [0, 0.05) is 12.1 Å². The number of ketones is 1. The van der Waals surface area contributed by atoms with E-state index in [4.69, 9.17) is 0 Å². The number of thiazole rings is 1. The number of carbonyl (C=O) groups excluding carboxylic acids is 1. The highest BCUT2D eigenvalue weighted by Gasteiger charge is 2.17. The number of nitrogens with one attached hydrogen (secondary N) is 1. The van der Waals surface area contributed by atoms with Crippen molar-refractivity contribution in [3.63, 3.8) is 0 Å². The lowest BCUT2D eigenvalue weighted by molar-refractivity contribution is 0.0981. The van der Waals surface area contributed by atoms with Gasteiger partial charge in [-0.15, -0.1) is 0 Å². The number of Topliss-reactive ketones (excluding diaryl/α,β-unsaturated/α-hetero) is 1. The van der Waals surface area contributed by atoms with Crippen LogP contribution in [-0.2, 0) is 0 Å². The van der Waals surface area contributed by atoms with Crippen molar-refractivity contribution in [2.24, 2.45) is 5.92 Å². The highest BCUT2D eigenvalue weighted by atomic mass is 32.1. The molecule has 2 rings (SSSR count). The van der Waals surface area contributed by atoms with Crippen LogP contribution in [0.15, 0.2) is 4.79 Å². The first-order chi connectivity index (χ1) is 8.16. The van der Waals surface area contributed by atoms with E-state index >= 15 is 0 Å². The molecule has 0 atom stereocenters. The molecular formula is C13H19NO2S. The van der Waals surface area contributed by atoms with Gasteiger partial charge in [-0.1, -0.05) is 43.4 Å². The number of hydrogen-bond acceptors (Lipinski definition) is 3. The summed E-state index contributed by atoms with van der Waals surface area (Å²) in [6.07, 6.45) is 8.12. The first kappa shape index (κ1) is 12.6. The predicted octanol–water partition coefficient (Wildman–Crippen LogP) is 3.29. The minimum Gasteiger partial charge on any atom is -0.316 e. The lowest BCUT2D eigenvalue weighted by atomic mass is 9.99. The molecule has 0 bridgehead atoms. The Bertz CT molecular complexity index is 441. The average Bonchev–Trinajstić information content (AvgIpc) is 2.88. The van der Waals surface area contributed by atoms with E-state index < -0.39 is 0 Å². The van der Waals surface area contributed by atoms with E-state index in [9.17, 15) is 9.59 Å². The Morgan fingerprint density at radius 2 is 2.12 bits per heavy atom. The van der Waals surface area contributed by atoms with Crippen molar-refractivity contribution < 1.29 is 4.79 Å². The molecule has 94 valence electrons. The van der Waals surface area contributed by atoms with Crippen LogP contribution in [-0.4, -0.2) is 10.8 Å². The fraction of sp³-hybridized carbons (Fsp3) is 0.692. The second-order valence-electron chi connectivity index (χ2n) is 4.93. The SMILES string of the molecule is Cc1[nH]c(=O)sc1C(=O)CCCC1CCCC1. The van der Waals surface area contributed by atoms with Gasteiger partial charge in [-0.25, -0.2) is 0 Å². The van der Waals surface area contributed by atoms with Gasteiger partial charge in [0.1, 0.15) is 0 Å². The van der Waals surface area contributed by atoms with Gasteiger partial charge in [0.05, 0.1) is 4.88 Å². The molecule has 17 heavy (non-hydrogen) atoms. The number of aryl methyl sites for hydroxylation is 1. The van der Waals surface area contributed by atoms with Gasteiger partial charge in [0.25, 0.3) is 0 Å². The Morgan fingerprint density at radius 1 is 1.41 bits per heavy atom. The molecule has 4 heteroatoms. The highest BCUT2D eigenvalue weighted by Crippen LogP contribution is 2.29. The first-order valence-electron chi connectivity index (χ1n) is 6.39. The summed E-state index contributed by atoms with van der Waals surface area (Å²) in [6.45, 7) is 1.79. The third kappa shape index (κ3) is 3.28. The third-order valence-electron chi connectivity index (χ3n) is 3.57. The molecule has 0 saturated heterocycles. The van der Waals surface area contributed by atoms with Gasteiger partial charge in [-0.05, 0) is 19.3 Å². The van der Waals surface area contributed by atoms with Crippen molar-refractivity contribution in [3.8, 4) is 0 Å². The molecule has 0 amide bonds. The molecule has 1 heterocycles. The minimum atomic E-state index is -0.123. The van der Waals surface area contributed by atoms with Crippen LogP contribution >= 0.6 is 11.3 Å². The molecule has 0 spiro atoms. The van der Waals surface area contributed by atoms with Gasteiger partial charge in [-0.2, -0.15) is 0 Å². The topological polar surface area (TPSA) is 49.9 Å². The van der Waals surface area contributed by atoms with Gasteiger partial charge in [0.2, 0.25) is 0 Å². The Morgan fingerprint density at radius 3 is 2.71 bits per heavy atom. The Balaban J connectivity index is 1.80. The monoisotopic (exact) mass is 253 g/mol. The number of aromatic amines is 1. The van der Waals surface area contributed by atoms with Crippen LogP contribution < -0.4 is 4.87 Å². The Labute approximate surface area is 105 Å². The van der Waals surface area contributed by atoms with E-state index in [0.717, 1.165) is 29.4 Å². The summed E-state index contributed by atoms with van der Waals surface area (Å²) in [7, 11) is 0. The molecular weight excluding hydrogens is 234 g/mol. The maximum Gasteiger partial charge on any atom is 0.305 e. The molecule has 1 fully saturated rings. The van der Waals surface area contributed by atoms with Crippen LogP contribution in [0.25, 0.3) is 0 Å². The summed E-state index contributed by atoms with van der Waals surface area (Å²) < 4.78 is 0. The maximum absolute atomic E-state index is 11.9. The quantitative estimate of drug-likeness (QED) is 0.819. The summed E-state index contributed by atoms with van der Waals surface area (Å²) in [6, 6.07) is 0. The summed E-state index contributed by atoms with van der Waals surface area (Å²) in [5.74, 6) is 0.970. The third-order valence-corrected chi connectivity index (χ3v) is 4.59. The van der Waals surface area contributed by atoms with Crippen LogP contribution in [0.3, 0.4) is 0 Å². The number of aromatic nitrogens is 1. The molecule has 1 aromatic rings. The normalized spacial score (nSPS) is 16.5. The summed E-state index contributed by atoms with van der Waals surface area (Å²) in [4.78, 5) is 26.2. The van der Waals surface area contributed by atoms with Gasteiger partial charge >= 0.3 is 4.87 Å². The van der Waals surface area contributed by atoms with Crippen LogP contribution in [0.4, 0.5) is 0 Å². The van der Waals surface area contributed by atoms with E-state index in [2.05, 4.69) is 4.98 Å². The molecule has 0 aromatic carbocycles. The summed E-state index contributed by atoms with van der Waals surface area (Å²) in [5, 5.41) is 0. The number of carbonyl (C=O) groups is 1. The van der Waals surface area contributed by atoms with E-state index in [1.54, 1.807) is 6.92 Å². The highest BCUT2D eigenvalue weighted by molar-refractivity contribution is 7.11. The fourth-order valence-electron chi connectivity index (χ4n) is 2.63. The second-order valence-corrected chi connectivity index (χ2v) is 5.92. The maximum atomic E-state index is 11.9. The molecule has 0 unspecified atom stereocenters. The largest absolute Gasteiger partial charge is 0.316 e. The lowest BCUT2D eigenvalue weighted by Crippen LogP contribution is -2.00. The summed E-state index contributed by atoms with van der Waals surface area (Å²) >= 11 is 1.04. The molecule has 1 N–H and O–H groups in total. The Hall–Kier alpha value is -0.900. The van der Waals surface area contributed by atoms with E-state index in [1.807, 2.05) is 0 Å². The fourth-order valence-corrected chi connectivity index (χ4v) is 3.44. The van der Waals surface area contributed by atoms with Crippen molar-refractivity contribution >= 4 is 17.1 Å². The van der Waals surface area contributed by atoms with E-state index in [1.165, 1.54) is 32.1 Å². The summed E-state index contributed by atoms with van der Waals surface area (Å²) in [5.41, 5.74) is 0.728. The van der Waals surface area contributed by atoms with Crippen LogP contribution in [0.2, 0.25) is 0 Å². The van der Waals surface area contributed by atoms with E-state index in [-0.39, 0.29) is 10.7 Å². The van der Waals surface area contributed by atoms with E-state index in [0.29, 0.717) is 11.3 Å². The predicted molar refractivity (Wildman–Crippen MR) is 69.8 cm³/mol. The average molecular weight is 253 g/mol. The molecule has 1 saturated carbocycles. The van der Waals surface area contributed by atoms with Crippen molar-refractivity contribution in [1.82, 2.24) is 4.98 Å². The molecule has 1 aliphatic rings. The molecule has 0 radical (unpaired) electrons. The zero-order chi connectivity index (χ0) is 12.3. The van der Waals surface area contributed by atoms with Gasteiger partial charge in [0.15, 0.2) is 5.78 Å². The second kappa shape index (κ2) is 5.63. The number of rotatable bonds is 5. The van der Waals surface area contributed by atoms with Gasteiger partial charge < -0.3 is 4.98 Å².